The van der Waals surface area contributed by atoms with E-state index in [1.165, 1.54) is 0 Å². The summed E-state index contributed by atoms with van der Waals surface area (Å²) >= 11 is 12.1. The molecule has 2 N–H and O–H groups in total. The first-order chi connectivity index (χ1) is 9.02. The van der Waals surface area contributed by atoms with Crippen molar-refractivity contribution in [1.82, 2.24) is 4.72 Å². The van der Waals surface area contributed by atoms with Crippen LogP contribution in [0.1, 0.15) is 25.0 Å². The fraction of sp³-hybridized carbons (Fsp3) is 0.538. The van der Waals surface area contributed by atoms with Crippen LogP contribution in [0.5, 0.6) is 0 Å². The smallest absolute Gasteiger partial charge is 0.242 e. The van der Waals surface area contributed by atoms with Gasteiger partial charge in [0.25, 0.3) is 0 Å². The van der Waals surface area contributed by atoms with E-state index in [1.807, 2.05) is 0 Å². The molecule has 0 saturated heterocycles. The highest BCUT2D eigenvalue weighted by Gasteiger charge is 2.26. The summed E-state index contributed by atoms with van der Waals surface area (Å²) in [4.78, 5) is -0.00194. The van der Waals surface area contributed by atoms with Crippen LogP contribution in [-0.4, -0.2) is 26.7 Å². The average Bonchev–Trinajstić information content (AvgIpc) is 2.34. The predicted molar refractivity (Wildman–Crippen MR) is 82.0 cm³/mol. The minimum atomic E-state index is -3.79. The van der Waals surface area contributed by atoms with Gasteiger partial charge in [-0.2, -0.15) is 0 Å². The van der Waals surface area contributed by atoms with E-state index < -0.39 is 15.4 Å². The van der Waals surface area contributed by atoms with Crippen LogP contribution < -0.4 is 4.72 Å². The highest BCUT2D eigenvalue weighted by atomic mass is 35.5. The van der Waals surface area contributed by atoms with E-state index in [1.54, 1.807) is 33.8 Å². The Balaban J connectivity index is 3.24. The Morgan fingerprint density at radius 1 is 1.30 bits per heavy atom. The summed E-state index contributed by atoms with van der Waals surface area (Å²) in [6.45, 7) is 6.80. The van der Waals surface area contributed by atoms with E-state index in [-0.39, 0.29) is 23.1 Å². The van der Waals surface area contributed by atoms with Crippen LogP contribution in [0, 0.1) is 19.3 Å². The molecular formula is C13H19Cl2NO3S. The monoisotopic (exact) mass is 339 g/mol. The van der Waals surface area contributed by atoms with Crippen LogP contribution in [0.4, 0.5) is 0 Å². The number of halogens is 2. The van der Waals surface area contributed by atoms with E-state index in [0.29, 0.717) is 16.1 Å². The number of nitrogens with one attached hydrogen (secondary N) is 1. The van der Waals surface area contributed by atoms with Crippen LogP contribution in [0.15, 0.2) is 11.0 Å². The predicted octanol–water partition coefficient (Wildman–Crippen LogP) is 2.91. The molecule has 0 unspecified atom stereocenters. The van der Waals surface area contributed by atoms with E-state index in [4.69, 9.17) is 23.2 Å². The van der Waals surface area contributed by atoms with Gasteiger partial charge in [-0.05, 0) is 31.0 Å². The van der Waals surface area contributed by atoms with Crippen LogP contribution in [-0.2, 0) is 10.0 Å². The Hall–Kier alpha value is -0.330. The molecule has 0 aromatic heterocycles. The zero-order chi connectivity index (χ0) is 15.7. The summed E-state index contributed by atoms with van der Waals surface area (Å²) < 4.78 is 27.3. The summed E-state index contributed by atoms with van der Waals surface area (Å²) in [6.07, 6.45) is 0. The first kappa shape index (κ1) is 17.7. The second-order valence-electron chi connectivity index (χ2n) is 5.59. The molecule has 4 nitrogen and oxygen atoms in total. The van der Waals surface area contributed by atoms with E-state index >= 15 is 0 Å². The van der Waals surface area contributed by atoms with Crippen molar-refractivity contribution in [3.05, 3.63) is 27.2 Å². The number of sulfonamides is 1. The minimum absolute atomic E-state index is 0.00194. The molecule has 0 bridgehead atoms. The van der Waals surface area contributed by atoms with Gasteiger partial charge in [-0.25, -0.2) is 13.1 Å². The van der Waals surface area contributed by atoms with Crippen molar-refractivity contribution >= 4 is 33.2 Å². The van der Waals surface area contributed by atoms with Gasteiger partial charge < -0.3 is 5.11 Å². The van der Waals surface area contributed by atoms with Gasteiger partial charge in [0.05, 0.1) is 5.02 Å². The lowest BCUT2D eigenvalue weighted by Crippen LogP contribution is -2.36. The molecule has 1 rings (SSSR count). The fourth-order valence-corrected chi connectivity index (χ4v) is 4.00. The molecule has 0 amide bonds. The Labute approximate surface area is 130 Å². The minimum Gasteiger partial charge on any atom is -0.396 e. The fourth-order valence-electron chi connectivity index (χ4n) is 1.55. The van der Waals surface area contributed by atoms with Crippen LogP contribution >= 0.6 is 23.2 Å². The molecule has 1 aromatic carbocycles. The zero-order valence-corrected chi connectivity index (χ0v) is 14.2. The molecule has 20 heavy (non-hydrogen) atoms. The van der Waals surface area contributed by atoms with E-state index in [2.05, 4.69) is 4.72 Å². The normalized spacial score (nSPS) is 12.8. The maximum absolute atomic E-state index is 12.4. The third-order valence-corrected chi connectivity index (χ3v) is 5.59. The number of aryl methyl sites for hydroxylation is 1. The lowest BCUT2D eigenvalue weighted by molar-refractivity contribution is 0.163. The largest absolute Gasteiger partial charge is 0.396 e. The number of rotatable bonds is 5. The summed E-state index contributed by atoms with van der Waals surface area (Å²) in [5.41, 5.74) is 0.460. The van der Waals surface area contributed by atoms with Gasteiger partial charge in [0.15, 0.2) is 0 Å². The summed E-state index contributed by atoms with van der Waals surface area (Å²) in [7, 11) is -3.79. The lowest BCUT2D eigenvalue weighted by Gasteiger charge is -2.22. The second kappa shape index (κ2) is 6.20. The number of hydrogen-bond acceptors (Lipinski definition) is 3. The molecule has 0 radical (unpaired) electrons. The molecule has 0 saturated carbocycles. The van der Waals surface area contributed by atoms with Gasteiger partial charge in [0, 0.05) is 23.6 Å². The van der Waals surface area contributed by atoms with Crippen LogP contribution in [0.3, 0.4) is 0 Å². The molecule has 0 fully saturated rings. The first-order valence-electron chi connectivity index (χ1n) is 6.07. The second-order valence-corrected chi connectivity index (χ2v) is 8.08. The zero-order valence-electron chi connectivity index (χ0n) is 11.9. The Morgan fingerprint density at radius 2 is 1.85 bits per heavy atom. The van der Waals surface area contributed by atoms with Crippen molar-refractivity contribution in [2.75, 3.05) is 13.2 Å². The van der Waals surface area contributed by atoms with Gasteiger partial charge in [-0.15, -0.1) is 0 Å². The van der Waals surface area contributed by atoms with Crippen LogP contribution in [0.25, 0.3) is 0 Å². The molecule has 0 heterocycles. The molecule has 114 valence electrons. The molecule has 0 aliphatic rings. The highest BCUT2D eigenvalue weighted by Crippen LogP contribution is 2.33. The third-order valence-electron chi connectivity index (χ3n) is 3.03. The van der Waals surface area contributed by atoms with Gasteiger partial charge in [0.2, 0.25) is 10.0 Å². The molecule has 0 spiro atoms. The lowest BCUT2D eigenvalue weighted by atomic mass is 9.96. The summed E-state index contributed by atoms with van der Waals surface area (Å²) in [5, 5.41) is 9.70. The van der Waals surface area contributed by atoms with Crippen LogP contribution in [0.2, 0.25) is 10.0 Å². The van der Waals surface area contributed by atoms with Crippen molar-refractivity contribution in [1.29, 1.82) is 0 Å². The first-order valence-corrected chi connectivity index (χ1v) is 8.31. The van der Waals surface area contributed by atoms with Gasteiger partial charge in [0.1, 0.15) is 4.90 Å². The number of aliphatic hydroxyl groups excluding tert-OH is 1. The quantitative estimate of drug-likeness (QED) is 0.866. The highest BCUT2D eigenvalue weighted by molar-refractivity contribution is 7.89. The number of aliphatic hydroxyl groups is 1. The molecular weight excluding hydrogens is 321 g/mol. The molecule has 0 aliphatic carbocycles. The van der Waals surface area contributed by atoms with Crippen molar-refractivity contribution in [2.45, 2.75) is 32.6 Å². The Morgan fingerprint density at radius 3 is 2.35 bits per heavy atom. The summed E-state index contributed by atoms with van der Waals surface area (Å²) in [6, 6.07) is 1.63. The van der Waals surface area contributed by atoms with Gasteiger partial charge in [-0.3, -0.25) is 0 Å². The molecule has 0 aliphatic heterocycles. The maximum atomic E-state index is 12.4. The molecule has 1 aromatic rings. The maximum Gasteiger partial charge on any atom is 0.242 e. The number of hydrogen-bond donors (Lipinski definition) is 2. The SMILES string of the molecule is Cc1cc(Cl)c(C)c(S(=O)(=O)NCC(C)(C)CO)c1Cl. The van der Waals surface area contributed by atoms with Crippen molar-refractivity contribution in [2.24, 2.45) is 5.41 Å². The molecule has 7 heteroatoms. The number of benzene rings is 1. The standard InChI is InChI=1S/C13H19Cl2NO3S/c1-8-5-10(14)9(2)12(11(8)15)20(18,19)16-6-13(3,4)7-17/h5,16-17H,6-7H2,1-4H3. The Kier molecular flexibility index (Phi) is 5.49. The van der Waals surface area contributed by atoms with Crippen molar-refractivity contribution < 1.29 is 13.5 Å². The van der Waals surface area contributed by atoms with E-state index in [0.717, 1.165) is 0 Å². The summed E-state index contributed by atoms with van der Waals surface area (Å²) in [5.74, 6) is 0. The topological polar surface area (TPSA) is 66.4 Å². The van der Waals surface area contributed by atoms with Crippen molar-refractivity contribution in [3.63, 3.8) is 0 Å². The Bertz CT molecular complexity index is 586. The van der Waals surface area contributed by atoms with E-state index in [9.17, 15) is 13.5 Å². The van der Waals surface area contributed by atoms with Crippen molar-refractivity contribution in [3.8, 4) is 0 Å². The van der Waals surface area contributed by atoms with Gasteiger partial charge in [-0.1, -0.05) is 37.0 Å². The third kappa shape index (κ3) is 3.86. The average molecular weight is 340 g/mol. The molecule has 0 atom stereocenters. The van der Waals surface area contributed by atoms with Gasteiger partial charge >= 0.3 is 0 Å².